The second-order valence-corrected chi connectivity index (χ2v) is 9.16. The van der Waals surface area contributed by atoms with Crippen molar-refractivity contribution in [2.24, 2.45) is 0 Å². The van der Waals surface area contributed by atoms with Crippen molar-refractivity contribution in [3.63, 3.8) is 0 Å². The molecule has 0 aliphatic carbocycles. The SMILES string of the molecule is CCN(CC)c1ccc(C2/C(=C(/O)c3cccc4ccccc34)C(=O)C(=O)N2c2cccc(OC)c2)cc1. The number of aliphatic hydroxyl groups excluding tert-OH is 1. The minimum atomic E-state index is -0.813. The predicted octanol–water partition coefficient (Wildman–Crippen LogP) is 6.32. The molecule has 38 heavy (non-hydrogen) atoms. The van der Waals surface area contributed by atoms with Crippen LogP contribution in [-0.2, 0) is 9.59 Å². The van der Waals surface area contributed by atoms with Crippen LogP contribution in [0, 0.1) is 0 Å². The minimum absolute atomic E-state index is 0.0600. The lowest BCUT2D eigenvalue weighted by Gasteiger charge is -2.27. The number of aliphatic hydroxyl groups is 1. The number of carbonyl (C=O) groups is 2. The second-order valence-electron chi connectivity index (χ2n) is 9.16. The second kappa shape index (κ2) is 10.4. The van der Waals surface area contributed by atoms with Gasteiger partial charge in [0.25, 0.3) is 11.7 Å². The number of Topliss-reactive ketones (excluding diaryl/α,β-unsaturated/α-hetero) is 1. The van der Waals surface area contributed by atoms with E-state index in [-0.39, 0.29) is 11.3 Å². The Morgan fingerprint density at radius 1 is 0.895 bits per heavy atom. The highest BCUT2D eigenvalue weighted by atomic mass is 16.5. The van der Waals surface area contributed by atoms with Gasteiger partial charge in [-0.3, -0.25) is 14.5 Å². The average Bonchev–Trinajstić information content (AvgIpc) is 3.23. The molecule has 1 aliphatic heterocycles. The number of nitrogens with zero attached hydrogens (tertiary/aromatic N) is 2. The predicted molar refractivity (Wildman–Crippen MR) is 152 cm³/mol. The lowest BCUT2D eigenvalue weighted by atomic mass is 9.93. The van der Waals surface area contributed by atoms with Crippen LogP contribution in [0.4, 0.5) is 11.4 Å². The summed E-state index contributed by atoms with van der Waals surface area (Å²) in [5.41, 5.74) is 2.86. The molecule has 0 saturated carbocycles. The van der Waals surface area contributed by atoms with Crippen LogP contribution in [-0.4, -0.2) is 37.0 Å². The van der Waals surface area contributed by atoms with Gasteiger partial charge in [0.2, 0.25) is 0 Å². The lowest BCUT2D eigenvalue weighted by molar-refractivity contribution is -0.132. The van der Waals surface area contributed by atoms with E-state index in [0.29, 0.717) is 17.0 Å². The summed E-state index contributed by atoms with van der Waals surface area (Å²) in [7, 11) is 1.55. The number of ketones is 1. The summed E-state index contributed by atoms with van der Waals surface area (Å²) < 4.78 is 5.39. The smallest absolute Gasteiger partial charge is 0.300 e. The standard InChI is InChI=1S/C32H30N2O4/c1-4-33(5-2)23-18-16-22(17-19-23)29-28(30(35)27-15-8-11-21-10-6-7-14-26(21)27)31(36)32(37)34(29)24-12-9-13-25(20-24)38-3/h6-20,29,35H,4-5H2,1-3H3/b30-28-. The van der Waals surface area contributed by atoms with E-state index in [1.54, 1.807) is 37.4 Å². The quantitative estimate of drug-likeness (QED) is 0.180. The molecule has 1 amide bonds. The molecule has 192 valence electrons. The Hall–Kier alpha value is -4.58. The Morgan fingerprint density at radius 2 is 1.58 bits per heavy atom. The van der Waals surface area contributed by atoms with Crippen LogP contribution in [0.15, 0.2) is 96.6 Å². The van der Waals surface area contributed by atoms with E-state index in [2.05, 4.69) is 18.7 Å². The summed E-state index contributed by atoms with van der Waals surface area (Å²) >= 11 is 0. The molecule has 0 spiro atoms. The molecule has 6 nitrogen and oxygen atoms in total. The summed E-state index contributed by atoms with van der Waals surface area (Å²) in [4.78, 5) is 30.8. The normalized spacial score (nSPS) is 16.7. The van der Waals surface area contributed by atoms with Gasteiger partial charge in [-0.2, -0.15) is 0 Å². The number of methoxy groups -OCH3 is 1. The van der Waals surface area contributed by atoms with Gasteiger partial charge in [-0.15, -0.1) is 0 Å². The Balaban J connectivity index is 1.73. The number of amides is 1. The molecule has 0 radical (unpaired) electrons. The molecule has 0 bridgehead atoms. The van der Waals surface area contributed by atoms with Gasteiger partial charge in [-0.05, 0) is 54.4 Å². The molecule has 1 heterocycles. The molecule has 1 saturated heterocycles. The van der Waals surface area contributed by atoms with E-state index >= 15 is 0 Å². The third kappa shape index (κ3) is 4.28. The number of rotatable bonds is 7. The number of hydrogen-bond acceptors (Lipinski definition) is 5. The number of hydrogen-bond donors (Lipinski definition) is 1. The molecule has 0 aromatic heterocycles. The minimum Gasteiger partial charge on any atom is -0.507 e. The molecule has 1 fully saturated rings. The van der Waals surface area contributed by atoms with Crippen LogP contribution in [0.2, 0.25) is 0 Å². The van der Waals surface area contributed by atoms with Crippen LogP contribution in [0.25, 0.3) is 16.5 Å². The number of benzene rings is 4. The maximum atomic E-state index is 13.6. The van der Waals surface area contributed by atoms with Crippen molar-refractivity contribution < 1.29 is 19.4 Å². The van der Waals surface area contributed by atoms with Crippen molar-refractivity contribution in [1.29, 1.82) is 0 Å². The van der Waals surface area contributed by atoms with Gasteiger partial charge < -0.3 is 14.7 Å². The summed E-state index contributed by atoms with van der Waals surface area (Å²) in [6, 6.07) is 27.3. The van der Waals surface area contributed by atoms with Crippen molar-refractivity contribution in [3.05, 3.63) is 108 Å². The van der Waals surface area contributed by atoms with E-state index in [1.165, 1.54) is 4.90 Å². The first-order valence-electron chi connectivity index (χ1n) is 12.8. The molecular formula is C32H30N2O4. The highest BCUT2D eigenvalue weighted by Crippen LogP contribution is 2.43. The van der Waals surface area contributed by atoms with Gasteiger partial charge in [0, 0.05) is 36.1 Å². The maximum absolute atomic E-state index is 13.6. The number of anilines is 2. The third-order valence-electron chi connectivity index (χ3n) is 7.16. The van der Waals surface area contributed by atoms with E-state index in [1.807, 2.05) is 60.7 Å². The maximum Gasteiger partial charge on any atom is 0.300 e. The van der Waals surface area contributed by atoms with Crippen LogP contribution in [0.3, 0.4) is 0 Å². The largest absolute Gasteiger partial charge is 0.507 e. The van der Waals surface area contributed by atoms with E-state index in [9.17, 15) is 14.7 Å². The Labute approximate surface area is 222 Å². The number of carbonyl (C=O) groups excluding carboxylic acids is 2. The van der Waals surface area contributed by atoms with Gasteiger partial charge in [0.05, 0.1) is 18.7 Å². The van der Waals surface area contributed by atoms with Crippen molar-refractivity contribution >= 4 is 39.6 Å². The third-order valence-corrected chi connectivity index (χ3v) is 7.16. The molecule has 1 aliphatic rings. The molecule has 1 atom stereocenters. The molecule has 4 aromatic rings. The van der Waals surface area contributed by atoms with Gasteiger partial charge in [-0.1, -0.05) is 60.7 Å². The Kier molecular flexibility index (Phi) is 6.88. The first kappa shape index (κ1) is 25.1. The highest BCUT2D eigenvalue weighted by molar-refractivity contribution is 6.51. The fourth-order valence-electron chi connectivity index (χ4n) is 5.21. The first-order chi connectivity index (χ1) is 18.5. The summed E-state index contributed by atoms with van der Waals surface area (Å²) in [6.45, 7) is 5.91. The molecule has 1 unspecified atom stereocenters. The first-order valence-corrected chi connectivity index (χ1v) is 12.8. The van der Waals surface area contributed by atoms with Gasteiger partial charge in [0.15, 0.2) is 0 Å². The van der Waals surface area contributed by atoms with Crippen LogP contribution in [0.5, 0.6) is 5.75 Å². The number of fused-ring (bicyclic) bond motifs is 1. The molecule has 1 N–H and O–H groups in total. The van der Waals surface area contributed by atoms with Gasteiger partial charge >= 0.3 is 0 Å². The number of ether oxygens (including phenoxy) is 1. The van der Waals surface area contributed by atoms with E-state index < -0.39 is 17.7 Å². The van der Waals surface area contributed by atoms with Crippen molar-refractivity contribution in [1.82, 2.24) is 0 Å². The zero-order valence-electron chi connectivity index (χ0n) is 21.7. The Morgan fingerprint density at radius 3 is 2.29 bits per heavy atom. The summed E-state index contributed by atoms with van der Waals surface area (Å²) in [5.74, 6) is -1.05. The van der Waals surface area contributed by atoms with Crippen LogP contribution in [0.1, 0.15) is 31.0 Å². The summed E-state index contributed by atoms with van der Waals surface area (Å²) in [6.07, 6.45) is 0. The van der Waals surface area contributed by atoms with Crippen molar-refractivity contribution in [3.8, 4) is 5.75 Å². The van der Waals surface area contributed by atoms with Crippen molar-refractivity contribution in [2.45, 2.75) is 19.9 Å². The monoisotopic (exact) mass is 506 g/mol. The average molecular weight is 507 g/mol. The highest BCUT2D eigenvalue weighted by Gasteiger charge is 2.47. The summed E-state index contributed by atoms with van der Waals surface area (Å²) in [5, 5.41) is 13.4. The molecule has 4 aromatic carbocycles. The topological polar surface area (TPSA) is 70.1 Å². The fourth-order valence-corrected chi connectivity index (χ4v) is 5.21. The Bertz CT molecular complexity index is 1530. The van der Waals surface area contributed by atoms with E-state index in [0.717, 1.165) is 35.1 Å². The van der Waals surface area contributed by atoms with E-state index in [4.69, 9.17) is 4.74 Å². The van der Waals surface area contributed by atoms with Crippen LogP contribution < -0.4 is 14.5 Å². The zero-order valence-corrected chi connectivity index (χ0v) is 21.7. The van der Waals surface area contributed by atoms with Crippen LogP contribution >= 0.6 is 0 Å². The van der Waals surface area contributed by atoms with Gasteiger partial charge in [0.1, 0.15) is 11.5 Å². The molecule has 6 heteroatoms. The lowest BCUT2D eigenvalue weighted by Crippen LogP contribution is -2.29. The molecule has 5 rings (SSSR count). The van der Waals surface area contributed by atoms with Crippen molar-refractivity contribution in [2.75, 3.05) is 30.0 Å². The fraction of sp³-hybridized carbons (Fsp3) is 0.188. The molecular weight excluding hydrogens is 476 g/mol. The van der Waals surface area contributed by atoms with Gasteiger partial charge in [-0.25, -0.2) is 0 Å². The zero-order chi connectivity index (χ0) is 26.8.